The van der Waals surface area contributed by atoms with E-state index in [2.05, 4.69) is 37.6 Å². The number of nitrogens with zero attached hydrogens (tertiary/aromatic N) is 3. The van der Waals surface area contributed by atoms with Crippen LogP contribution < -0.4 is 5.73 Å². The molecular weight excluding hydrogens is 413 g/mol. The number of aryl methyl sites for hydroxylation is 2. The molecule has 4 nitrogen and oxygen atoms in total. The summed E-state index contributed by atoms with van der Waals surface area (Å²) >= 11 is 0. The molecule has 2 heterocycles. The standard InChI is InChI=1S/C25H31F3N4/c1-15-11-20(12-21(13-29)16(15)2)24-9-8-23(18(4)31-24)17(3)30-19(5)32-10-6-7-22(14-32)25(26,27)28/h8-9,11-12,22H,5-7,10,13-14,29H2,1-4H3/b30-17-. The third-order valence-corrected chi connectivity index (χ3v) is 6.31. The molecule has 1 aromatic heterocycles. The van der Waals surface area contributed by atoms with Crippen LogP contribution in [0.25, 0.3) is 11.3 Å². The predicted octanol–water partition coefficient (Wildman–Crippen LogP) is 5.69. The number of rotatable bonds is 5. The molecule has 0 saturated carbocycles. The number of benzene rings is 1. The second-order valence-corrected chi connectivity index (χ2v) is 8.55. The van der Waals surface area contributed by atoms with Gasteiger partial charge in [0, 0.05) is 42.2 Å². The number of nitrogens with two attached hydrogens (primary N) is 1. The van der Waals surface area contributed by atoms with Gasteiger partial charge in [-0.15, -0.1) is 0 Å². The molecule has 32 heavy (non-hydrogen) atoms. The van der Waals surface area contributed by atoms with Crippen LogP contribution in [0, 0.1) is 26.7 Å². The molecule has 1 saturated heterocycles. The Morgan fingerprint density at radius 2 is 1.97 bits per heavy atom. The number of piperidine rings is 1. The van der Waals surface area contributed by atoms with Crippen molar-refractivity contribution < 1.29 is 13.2 Å². The zero-order chi connectivity index (χ0) is 23.6. The highest BCUT2D eigenvalue weighted by Crippen LogP contribution is 2.34. The predicted molar refractivity (Wildman–Crippen MR) is 123 cm³/mol. The van der Waals surface area contributed by atoms with Gasteiger partial charge in [-0.25, -0.2) is 4.99 Å². The van der Waals surface area contributed by atoms with Gasteiger partial charge in [-0.1, -0.05) is 6.58 Å². The summed E-state index contributed by atoms with van der Waals surface area (Å²) < 4.78 is 39.4. The molecule has 1 aliphatic heterocycles. The second kappa shape index (κ2) is 9.45. The largest absolute Gasteiger partial charge is 0.393 e. The third kappa shape index (κ3) is 5.21. The molecule has 3 rings (SSSR count). The molecule has 0 bridgehead atoms. The van der Waals surface area contributed by atoms with Gasteiger partial charge in [-0.2, -0.15) is 13.2 Å². The molecule has 2 aromatic rings. The number of halogens is 3. The van der Waals surface area contributed by atoms with Gasteiger partial charge in [0.15, 0.2) is 0 Å². The number of likely N-dealkylation sites (tertiary alicyclic amines) is 1. The summed E-state index contributed by atoms with van der Waals surface area (Å²) in [7, 11) is 0. The SMILES string of the molecule is C=C(/N=C(/C)c1ccc(-c2cc(C)c(C)c(CN)c2)nc1C)N1CCCC(C(F)(F)F)C1. The van der Waals surface area contributed by atoms with E-state index < -0.39 is 12.1 Å². The molecule has 1 aliphatic rings. The first-order valence-corrected chi connectivity index (χ1v) is 10.9. The van der Waals surface area contributed by atoms with Crippen LogP contribution in [0.1, 0.15) is 47.7 Å². The smallest absolute Gasteiger partial charge is 0.356 e. The van der Waals surface area contributed by atoms with Crippen molar-refractivity contribution in [1.29, 1.82) is 0 Å². The Morgan fingerprint density at radius 1 is 1.25 bits per heavy atom. The number of hydrogen-bond donors (Lipinski definition) is 1. The highest BCUT2D eigenvalue weighted by atomic mass is 19.4. The third-order valence-electron chi connectivity index (χ3n) is 6.31. The molecular formula is C25H31F3N4. The van der Waals surface area contributed by atoms with E-state index >= 15 is 0 Å². The first-order valence-electron chi connectivity index (χ1n) is 10.9. The molecule has 1 aromatic carbocycles. The molecule has 1 fully saturated rings. The van der Waals surface area contributed by atoms with Crippen LogP contribution in [0.5, 0.6) is 0 Å². The summed E-state index contributed by atoms with van der Waals surface area (Å²) in [6.07, 6.45) is -3.55. The maximum atomic E-state index is 13.1. The second-order valence-electron chi connectivity index (χ2n) is 8.55. The van der Waals surface area contributed by atoms with E-state index in [9.17, 15) is 13.2 Å². The maximum Gasteiger partial charge on any atom is 0.393 e. The van der Waals surface area contributed by atoms with E-state index in [4.69, 9.17) is 10.7 Å². The Bertz CT molecular complexity index is 1040. The van der Waals surface area contributed by atoms with Gasteiger partial charge in [0.05, 0.1) is 11.6 Å². The van der Waals surface area contributed by atoms with Crippen molar-refractivity contribution in [2.75, 3.05) is 13.1 Å². The lowest BCUT2D eigenvalue weighted by atomic mass is 9.97. The van der Waals surface area contributed by atoms with Gasteiger partial charge in [-0.05, 0) is 81.5 Å². The van der Waals surface area contributed by atoms with Crippen molar-refractivity contribution in [2.24, 2.45) is 16.6 Å². The number of pyridine rings is 1. The first kappa shape index (κ1) is 24.0. The first-order chi connectivity index (χ1) is 15.0. The number of alkyl halides is 3. The van der Waals surface area contributed by atoms with Crippen LogP contribution in [0.15, 0.2) is 41.7 Å². The van der Waals surface area contributed by atoms with E-state index in [1.807, 2.05) is 26.0 Å². The molecule has 1 atom stereocenters. The molecule has 1 unspecified atom stereocenters. The van der Waals surface area contributed by atoms with Crippen LogP contribution >= 0.6 is 0 Å². The topological polar surface area (TPSA) is 54.5 Å². The van der Waals surface area contributed by atoms with Crippen molar-refractivity contribution in [3.8, 4) is 11.3 Å². The Hall–Kier alpha value is -2.67. The number of aromatic nitrogens is 1. The van der Waals surface area contributed by atoms with Crippen LogP contribution in [-0.2, 0) is 6.54 Å². The molecule has 0 amide bonds. The maximum absolute atomic E-state index is 13.1. The number of hydrogen-bond acceptors (Lipinski definition) is 4. The van der Waals surface area contributed by atoms with Crippen molar-refractivity contribution in [2.45, 2.75) is 53.3 Å². The normalized spacial score (nSPS) is 17.6. The van der Waals surface area contributed by atoms with Gasteiger partial charge in [-0.3, -0.25) is 4.98 Å². The lowest BCUT2D eigenvalue weighted by Crippen LogP contribution is -2.40. The monoisotopic (exact) mass is 444 g/mol. The highest BCUT2D eigenvalue weighted by molar-refractivity contribution is 6.00. The van der Waals surface area contributed by atoms with E-state index in [0.29, 0.717) is 31.0 Å². The minimum Gasteiger partial charge on any atom is -0.356 e. The molecule has 0 radical (unpaired) electrons. The average molecular weight is 445 g/mol. The Balaban J connectivity index is 1.82. The quantitative estimate of drug-likeness (QED) is 0.603. The Kier molecular flexibility index (Phi) is 7.08. The van der Waals surface area contributed by atoms with E-state index in [-0.39, 0.29) is 13.0 Å². The van der Waals surface area contributed by atoms with E-state index in [0.717, 1.165) is 28.1 Å². The van der Waals surface area contributed by atoms with Crippen LogP contribution in [0.4, 0.5) is 13.2 Å². The van der Waals surface area contributed by atoms with Gasteiger partial charge >= 0.3 is 6.18 Å². The zero-order valence-corrected chi connectivity index (χ0v) is 19.2. The van der Waals surface area contributed by atoms with Crippen molar-refractivity contribution in [1.82, 2.24) is 9.88 Å². The average Bonchev–Trinajstić information content (AvgIpc) is 2.74. The van der Waals surface area contributed by atoms with Gasteiger partial charge < -0.3 is 10.6 Å². The minimum atomic E-state index is -4.19. The molecule has 7 heteroatoms. The van der Waals surface area contributed by atoms with Crippen LogP contribution in [0.3, 0.4) is 0 Å². The summed E-state index contributed by atoms with van der Waals surface area (Å²) in [5.41, 5.74) is 13.5. The summed E-state index contributed by atoms with van der Waals surface area (Å²) in [4.78, 5) is 10.9. The van der Waals surface area contributed by atoms with Crippen LogP contribution in [0.2, 0.25) is 0 Å². The number of aliphatic imine (C=N–C) groups is 1. The summed E-state index contributed by atoms with van der Waals surface area (Å²) in [6, 6.07) is 8.07. The summed E-state index contributed by atoms with van der Waals surface area (Å²) in [5, 5.41) is 0. The lowest BCUT2D eigenvalue weighted by Gasteiger charge is -2.35. The van der Waals surface area contributed by atoms with Gasteiger partial charge in [0.1, 0.15) is 5.82 Å². The van der Waals surface area contributed by atoms with Crippen molar-refractivity contribution in [3.05, 3.63) is 64.6 Å². The van der Waals surface area contributed by atoms with E-state index in [1.54, 1.807) is 4.90 Å². The highest BCUT2D eigenvalue weighted by Gasteiger charge is 2.42. The fourth-order valence-corrected chi connectivity index (χ4v) is 4.20. The summed E-state index contributed by atoms with van der Waals surface area (Å²) in [5.74, 6) is -0.968. The van der Waals surface area contributed by atoms with Crippen molar-refractivity contribution in [3.63, 3.8) is 0 Å². The van der Waals surface area contributed by atoms with E-state index in [1.165, 1.54) is 11.1 Å². The summed E-state index contributed by atoms with van der Waals surface area (Å²) in [6.45, 7) is 12.7. The van der Waals surface area contributed by atoms with Gasteiger partial charge in [0.25, 0.3) is 0 Å². The fraction of sp³-hybridized carbons (Fsp3) is 0.440. The van der Waals surface area contributed by atoms with Gasteiger partial charge in [0.2, 0.25) is 0 Å². The molecule has 2 N–H and O–H groups in total. The lowest BCUT2D eigenvalue weighted by molar-refractivity contribution is -0.184. The fourth-order valence-electron chi connectivity index (χ4n) is 4.20. The zero-order valence-electron chi connectivity index (χ0n) is 19.2. The molecule has 0 aliphatic carbocycles. The van der Waals surface area contributed by atoms with Crippen molar-refractivity contribution >= 4 is 5.71 Å². The molecule has 172 valence electrons. The van der Waals surface area contributed by atoms with Crippen LogP contribution in [-0.4, -0.2) is 34.9 Å². The minimum absolute atomic E-state index is 0.0917. The Morgan fingerprint density at radius 3 is 2.59 bits per heavy atom. The molecule has 0 spiro atoms. The Labute approximate surface area is 188 Å².